The lowest BCUT2D eigenvalue weighted by molar-refractivity contribution is -0.138. The fourth-order valence-corrected chi connectivity index (χ4v) is 3.73. The first kappa shape index (κ1) is 31.5. The number of hydrogen-bond acceptors (Lipinski definition) is 7. The minimum atomic E-state index is -3.97. The first-order valence-corrected chi connectivity index (χ1v) is 13.6. The molecule has 0 spiro atoms. The smallest absolute Gasteiger partial charge is 0.463 e. The summed E-state index contributed by atoms with van der Waals surface area (Å²) >= 11 is 0. The van der Waals surface area contributed by atoms with Crippen molar-refractivity contribution in [2.24, 2.45) is 0 Å². The van der Waals surface area contributed by atoms with Gasteiger partial charge in [-0.2, -0.15) is 0 Å². The third-order valence-electron chi connectivity index (χ3n) is 4.68. The van der Waals surface area contributed by atoms with Gasteiger partial charge in [-0.05, 0) is 39.5 Å². The van der Waals surface area contributed by atoms with E-state index in [4.69, 9.17) is 18.5 Å². The number of allylic oxidation sites excluding steroid dienone is 2. The Morgan fingerprint density at radius 1 is 0.606 bits per heavy atom. The minimum Gasteiger partial charge on any atom is -0.463 e. The standard InChI is InChI=1S/C24H43O8P/c1-3-17-23(25)29-19-13-9-5-7-11-15-21-31-33(27,28)32-22-16-12-8-6-10-14-20-30-24(26)18-4-2/h3-4,17-18H,5-16,19-22H2,1-2H3,(H,27,28)/b17-3+,18-4+. The molecule has 0 aromatic heterocycles. The van der Waals surface area contributed by atoms with Gasteiger partial charge >= 0.3 is 19.8 Å². The summed E-state index contributed by atoms with van der Waals surface area (Å²) in [6.45, 7) is 4.82. The van der Waals surface area contributed by atoms with Crippen LogP contribution >= 0.6 is 7.82 Å². The maximum absolute atomic E-state index is 11.8. The summed E-state index contributed by atoms with van der Waals surface area (Å²) in [4.78, 5) is 32.0. The zero-order chi connectivity index (χ0) is 24.6. The molecule has 0 saturated heterocycles. The molecule has 0 unspecified atom stereocenters. The lowest BCUT2D eigenvalue weighted by Crippen LogP contribution is -2.02. The van der Waals surface area contributed by atoms with Crippen molar-refractivity contribution in [3.05, 3.63) is 24.3 Å². The van der Waals surface area contributed by atoms with Crippen molar-refractivity contribution < 1.29 is 37.6 Å². The molecule has 0 heterocycles. The molecule has 0 aromatic carbocycles. The van der Waals surface area contributed by atoms with Gasteiger partial charge in [0.05, 0.1) is 26.4 Å². The molecule has 0 radical (unpaired) electrons. The van der Waals surface area contributed by atoms with Crippen LogP contribution in [0.1, 0.15) is 90.9 Å². The van der Waals surface area contributed by atoms with Crippen LogP contribution in [-0.4, -0.2) is 43.3 Å². The van der Waals surface area contributed by atoms with Gasteiger partial charge in [0.1, 0.15) is 0 Å². The van der Waals surface area contributed by atoms with Crippen LogP contribution in [0.4, 0.5) is 0 Å². The molecule has 0 saturated carbocycles. The lowest BCUT2D eigenvalue weighted by Gasteiger charge is -2.12. The van der Waals surface area contributed by atoms with E-state index in [0.29, 0.717) is 26.1 Å². The van der Waals surface area contributed by atoms with E-state index in [1.54, 1.807) is 26.0 Å². The Labute approximate surface area is 199 Å². The van der Waals surface area contributed by atoms with Crippen molar-refractivity contribution in [2.75, 3.05) is 26.4 Å². The van der Waals surface area contributed by atoms with Crippen molar-refractivity contribution in [2.45, 2.75) is 90.9 Å². The second-order valence-electron chi connectivity index (χ2n) is 7.71. The van der Waals surface area contributed by atoms with E-state index in [0.717, 1.165) is 64.2 Å². The number of ether oxygens (including phenoxy) is 2. The predicted octanol–water partition coefficient (Wildman–Crippen LogP) is 6.04. The second kappa shape index (κ2) is 22.3. The van der Waals surface area contributed by atoms with Gasteiger partial charge in [-0.25, -0.2) is 14.2 Å². The van der Waals surface area contributed by atoms with E-state index in [1.165, 1.54) is 12.2 Å². The normalized spacial score (nSPS) is 12.0. The average molecular weight is 491 g/mol. The fraction of sp³-hybridized carbons (Fsp3) is 0.750. The highest BCUT2D eigenvalue weighted by Gasteiger charge is 2.19. The van der Waals surface area contributed by atoms with Crippen LogP contribution in [-0.2, 0) is 32.7 Å². The Balaban J connectivity index is 3.43. The summed E-state index contributed by atoms with van der Waals surface area (Å²) in [5, 5.41) is 0. The molecule has 0 aliphatic heterocycles. The molecule has 1 N–H and O–H groups in total. The van der Waals surface area contributed by atoms with Gasteiger partial charge in [-0.3, -0.25) is 9.05 Å². The number of phosphoric ester groups is 1. The molecular formula is C24H43O8P. The Hall–Kier alpha value is -1.47. The van der Waals surface area contributed by atoms with Gasteiger partial charge in [0.25, 0.3) is 0 Å². The summed E-state index contributed by atoms with van der Waals surface area (Å²) in [6.07, 6.45) is 17.0. The number of phosphoric acid groups is 1. The van der Waals surface area contributed by atoms with Gasteiger partial charge in [-0.15, -0.1) is 0 Å². The van der Waals surface area contributed by atoms with Crippen LogP contribution in [0.15, 0.2) is 24.3 Å². The maximum Gasteiger partial charge on any atom is 0.472 e. The number of carbonyl (C=O) groups excluding carboxylic acids is 2. The van der Waals surface area contributed by atoms with E-state index in [9.17, 15) is 19.0 Å². The van der Waals surface area contributed by atoms with Gasteiger partial charge in [0.15, 0.2) is 0 Å². The SMILES string of the molecule is C/C=C/C(=O)OCCCCCCCCOP(=O)(O)OCCCCCCCCOC(=O)/C=C/C. The first-order valence-electron chi connectivity index (χ1n) is 12.1. The van der Waals surface area contributed by atoms with Crippen LogP contribution in [0.2, 0.25) is 0 Å². The second-order valence-corrected chi connectivity index (χ2v) is 9.17. The van der Waals surface area contributed by atoms with Crippen molar-refractivity contribution in [3.63, 3.8) is 0 Å². The highest BCUT2D eigenvalue weighted by atomic mass is 31.2. The van der Waals surface area contributed by atoms with Gasteiger partial charge < -0.3 is 14.4 Å². The van der Waals surface area contributed by atoms with Crippen LogP contribution in [0.25, 0.3) is 0 Å². The zero-order valence-electron chi connectivity index (χ0n) is 20.4. The summed E-state index contributed by atoms with van der Waals surface area (Å²) in [5.41, 5.74) is 0. The van der Waals surface area contributed by atoms with Crippen molar-refractivity contribution in [3.8, 4) is 0 Å². The molecular weight excluding hydrogens is 447 g/mol. The van der Waals surface area contributed by atoms with Crippen molar-refractivity contribution >= 4 is 19.8 Å². The van der Waals surface area contributed by atoms with E-state index >= 15 is 0 Å². The highest BCUT2D eigenvalue weighted by molar-refractivity contribution is 7.47. The van der Waals surface area contributed by atoms with Crippen LogP contribution in [0.3, 0.4) is 0 Å². The van der Waals surface area contributed by atoms with Crippen LogP contribution < -0.4 is 0 Å². The molecule has 0 aliphatic carbocycles. The highest BCUT2D eigenvalue weighted by Crippen LogP contribution is 2.43. The third-order valence-corrected chi connectivity index (χ3v) is 5.70. The molecule has 33 heavy (non-hydrogen) atoms. The Morgan fingerprint density at radius 2 is 0.909 bits per heavy atom. The molecule has 9 heteroatoms. The largest absolute Gasteiger partial charge is 0.472 e. The summed E-state index contributed by atoms with van der Waals surface area (Å²) in [7, 11) is -3.97. The van der Waals surface area contributed by atoms with Crippen molar-refractivity contribution in [1.82, 2.24) is 0 Å². The van der Waals surface area contributed by atoms with E-state index in [2.05, 4.69) is 0 Å². The predicted molar refractivity (Wildman–Crippen MR) is 129 cm³/mol. The van der Waals surface area contributed by atoms with E-state index in [-0.39, 0.29) is 25.2 Å². The Bertz CT molecular complexity index is 555. The summed E-state index contributed by atoms with van der Waals surface area (Å²) in [5.74, 6) is -0.607. The van der Waals surface area contributed by atoms with Gasteiger partial charge in [0.2, 0.25) is 0 Å². The fourth-order valence-electron chi connectivity index (χ4n) is 2.93. The molecule has 0 bridgehead atoms. The van der Waals surface area contributed by atoms with E-state index in [1.807, 2.05) is 0 Å². The molecule has 0 fully saturated rings. The van der Waals surface area contributed by atoms with Gasteiger partial charge in [0, 0.05) is 12.2 Å². The molecule has 0 atom stereocenters. The molecule has 192 valence electrons. The number of rotatable bonds is 22. The zero-order valence-corrected chi connectivity index (χ0v) is 21.3. The summed E-state index contributed by atoms with van der Waals surface area (Å²) in [6, 6.07) is 0. The third kappa shape index (κ3) is 23.5. The van der Waals surface area contributed by atoms with Crippen molar-refractivity contribution in [1.29, 1.82) is 0 Å². The average Bonchev–Trinajstić information content (AvgIpc) is 2.76. The number of esters is 2. The molecule has 0 rings (SSSR count). The van der Waals surface area contributed by atoms with Crippen LogP contribution in [0.5, 0.6) is 0 Å². The molecule has 0 aromatic rings. The summed E-state index contributed by atoms with van der Waals surface area (Å²) < 4.78 is 31.9. The van der Waals surface area contributed by atoms with Crippen LogP contribution in [0, 0.1) is 0 Å². The molecule has 8 nitrogen and oxygen atoms in total. The topological polar surface area (TPSA) is 108 Å². The lowest BCUT2D eigenvalue weighted by atomic mass is 10.1. The minimum absolute atomic E-state index is 0.202. The van der Waals surface area contributed by atoms with Gasteiger partial charge in [-0.1, -0.05) is 63.5 Å². The quantitative estimate of drug-likeness (QED) is 0.0847. The number of unbranched alkanes of at least 4 members (excludes halogenated alkanes) is 10. The number of carbonyl (C=O) groups is 2. The Morgan fingerprint density at radius 3 is 1.24 bits per heavy atom. The molecule has 0 amide bonds. The first-order chi connectivity index (χ1) is 15.9. The molecule has 0 aliphatic rings. The maximum atomic E-state index is 11.8. The number of hydrogen-bond donors (Lipinski definition) is 1. The monoisotopic (exact) mass is 490 g/mol. The van der Waals surface area contributed by atoms with E-state index < -0.39 is 7.82 Å². The Kier molecular flexibility index (Phi) is 21.3.